The Hall–Kier alpha value is -0.800. The molecule has 5 atom stereocenters. The standard InChI is InChI=1S/C13H15ClN2O/c14-10-2-1-3-15-13(10)16-6-8-4-7-5-9(8)11(16)12(7)17/h1-3,7-9,11-12,17H,4-6H2. The van der Waals surface area contributed by atoms with Gasteiger partial charge in [-0.3, -0.25) is 0 Å². The van der Waals surface area contributed by atoms with Gasteiger partial charge in [-0.2, -0.15) is 0 Å². The summed E-state index contributed by atoms with van der Waals surface area (Å²) >= 11 is 6.22. The summed E-state index contributed by atoms with van der Waals surface area (Å²) in [4.78, 5) is 6.64. The van der Waals surface area contributed by atoms with Gasteiger partial charge in [-0.25, -0.2) is 4.98 Å². The molecule has 1 saturated heterocycles. The largest absolute Gasteiger partial charge is 0.391 e. The summed E-state index contributed by atoms with van der Waals surface area (Å²) in [6, 6.07) is 3.99. The van der Waals surface area contributed by atoms with E-state index >= 15 is 0 Å². The van der Waals surface area contributed by atoms with Gasteiger partial charge in [-0.1, -0.05) is 11.6 Å². The molecular formula is C13H15ClN2O. The van der Waals surface area contributed by atoms with Crippen LogP contribution in [0.3, 0.4) is 0 Å². The van der Waals surface area contributed by atoms with E-state index < -0.39 is 0 Å². The van der Waals surface area contributed by atoms with Crippen LogP contribution in [-0.2, 0) is 0 Å². The molecule has 3 aliphatic rings. The molecule has 2 saturated carbocycles. The Balaban J connectivity index is 1.75. The quantitative estimate of drug-likeness (QED) is 0.828. The smallest absolute Gasteiger partial charge is 0.147 e. The van der Waals surface area contributed by atoms with Crippen LogP contribution in [0.1, 0.15) is 12.8 Å². The first-order chi connectivity index (χ1) is 8.25. The van der Waals surface area contributed by atoms with Crippen molar-refractivity contribution in [3.8, 4) is 0 Å². The van der Waals surface area contributed by atoms with Crippen LogP contribution in [-0.4, -0.2) is 28.8 Å². The number of anilines is 1. The Kier molecular flexibility index (Phi) is 2.01. The van der Waals surface area contributed by atoms with Crippen molar-refractivity contribution in [1.82, 2.24) is 4.98 Å². The van der Waals surface area contributed by atoms with Crippen molar-refractivity contribution in [3.63, 3.8) is 0 Å². The van der Waals surface area contributed by atoms with Crippen LogP contribution < -0.4 is 4.90 Å². The molecule has 17 heavy (non-hydrogen) atoms. The lowest BCUT2D eigenvalue weighted by Crippen LogP contribution is -2.41. The number of rotatable bonds is 1. The van der Waals surface area contributed by atoms with Crippen LogP contribution >= 0.6 is 11.6 Å². The highest BCUT2D eigenvalue weighted by Gasteiger charge is 2.59. The molecule has 3 nitrogen and oxygen atoms in total. The van der Waals surface area contributed by atoms with Crippen LogP contribution in [0.25, 0.3) is 0 Å². The van der Waals surface area contributed by atoms with E-state index in [1.165, 1.54) is 12.8 Å². The molecule has 3 fully saturated rings. The Labute approximate surface area is 105 Å². The Morgan fingerprint density at radius 1 is 1.35 bits per heavy atom. The zero-order valence-electron chi connectivity index (χ0n) is 9.46. The molecule has 4 heteroatoms. The van der Waals surface area contributed by atoms with Crippen LogP contribution in [0.4, 0.5) is 5.82 Å². The normalized spacial score (nSPS) is 42.5. The summed E-state index contributed by atoms with van der Waals surface area (Å²) in [6.45, 7) is 1.01. The maximum Gasteiger partial charge on any atom is 0.147 e. The van der Waals surface area contributed by atoms with Gasteiger partial charge in [0.25, 0.3) is 0 Å². The molecule has 0 spiro atoms. The maximum atomic E-state index is 10.3. The summed E-state index contributed by atoms with van der Waals surface area (Å²) in [5.41, 5.74) is 0. The number of aliphatic hydroxyl groups excluding tert-OH is 1. The van der Waals surface area contributed by atoms with E-state index in [0.717, 1.165) is 18.3 Å². The first-order valence-corrected chi connectivity index (χ1v) is 6.68. The molecule has 0 aromatic carbocycles. The Bertz CT molecular complexity index is 464. The van der Waals surface area contributed by atoms with Gasteiger partial charge in [0.15, 0.2) is 0 Å². The third-order valence-electron chi connectivity index (χ3n) is 4.86. The number of hydrogen-bond donors (Lipinski definition) is 1. The highest BCUT2D eigenvalue weighted by Crippen LogP contribution is 2.55. The van der Waals surface area contributed by atoms with E-state index in [1.54, 1.807) is 6.20 Å². The molecular weight excluding hydrogens is 236 g/mol. The lowest BCUT2D eigenvalue weighted by molar-refractivity contribution is 0.0965. The summed E-state index contributed by atoms with van der Waals surface area (Å²) in [7, 11) is 0. The minimum atomic E-state index is -0.183. The van der Waals surface area contributed by atoms with E-state index in [1.807, 2.05) is 12.1 Å². The topological polar surface area (TPSA) is 36.4 Å². The van der Waals surface area contributed by atoms with E-state index in [2.05, 4.69) is 9.88 Å². The van der Waals surface area contributed by atoms with Gasteiger partial charge in [-0.15, -0.1) is 0 Å². The average molecular weight is 251 g/mol. The van der Waals surface area contributed by atoms with E-state index in [-0.39, 0.29) is 12.1 Å². The van der Waals surface area contributed by atoms with Crippen molar-refractivity contribution in [2.24, 2.45) is 17.8 Å². The molecule has 4 rings (SSSR count). The molecule has 0 radical (unpaired) electrons. The molecule has 0 amide bonds. The van der Waals surface area contributed by atoms with Gasteiger partial charge in [0.05, 0.1) is 17.2 Å². The number of aromatic nitrogens is 1. The van der Waals surface area contributed by atoms with Gasteiger partial charge < -0.3 is 10.0 Å². The van der Waals surface area contributed by atoms with Crippen LogP contribution in [0.15, 0.2) is 18.3 Å². The number of nitrogens with zero attached hydrogens (tertiary/aromatic N) is 2. The maximum absolute atomic E-state index is 10.3. The second-order valence-electron chi connectivity index (χ2n) is 5.60. The molecule has 1 aromatic rings. The molecule has 5 unspecified atom stereocenters. The van der Waals surface area contributed by atoms with Crippen LogP contribution in [0.2, 0.25) is 5.02 Å². The molecule has 2 aliphatic carbocycles. The van der Waals surface area contributed by atoms with E-state index in [9.17, 15) is 5.11 Å². The third kappa shape index (κ3) is 1.24. The Morgan fingerprint density at radius 2 is 2.24 bits per heavy atom. The van der Waals surface area contributed by atoms with Crippen LogP contribution in [0.5, 0.6) is 0 Å². The van der Waals surface area contributed by atoms with E-state index in [4.69, 9.17) is 11.6 Å². The second-order valence-corrected chi connectivity index (χ2v) is 6.00. The number of halogens is 1. The lowest BCUT2D eigenvalue weighted by Gasteiger charge is -2.30. The lowest BCUT2D eigenvalue weighted by atomic mass is 9.88. The van der Waals surface area contributed by atoms with Gasteiger partial charge in [0.1, 0.15) is 5.82 Å². The predicted octanol–water partition coefficient (Wildman–Crippen LogP) is 1.94. The predicted molar refractivity (Wildman–Crippen MR) is 66.1 cm³/mol. The molecule has 2 bridgehead atoms. The van der Waals surface area contributed by atoms with Gasteiger partial charge in [-0.05, 0) is 42.7 Å². The zero-order valence-corrected chi connectivity index (χ0v) is 10.2. The first-order valence-electron chi connectivity index (χ1n) is 6.31. The molecule has 1 aliphatic heterocycles. The first kappa shape index (κ1) is 10.2. The molecule has 1 N–H and O–H groups in total. The van der Waals surface area contributed by atoms with Crippen molar-refractivity contribution in [1.29, 1.82) is 0 Å². The van der Waals surface area contributed by atoms with Crippen molar-refractivity contribution in [2.45, 2.75) is 25.0 Å². The summed E-state index contributed by atoms with van der Waals surface area (Å²) in [6.07, 6.45) is 3.97. The number of pyridine rings is 1. The monoisotopic (exact) mass is 250 g/mol. The number of hydrogen-bond acceptors (Lipinski definition) is 3. The van der Waals surface area contributed by atoms with Crippen molar-refractivity contribution < 1.29 is 5.11 Å². The zero-order chi connectivity index (χ0) is 11.6. The minimum absolute atomic E-state index is 0.183. The molecule has 2 heterocycles. The average Bonchev–Trinajstić information content (AvgIpc) is 2.90. The number of fused-ring (bicyclic) bond motifs is 1. The van der Waals surface area contributed by atoms with Gasteiger partial charge in [0.2, 0.25) is 0 Å². The van der Waals surface area contributed by atoms with Crippen LogP contribution in [0, 0.1) is 17.8 Å². The summed E-state index contributed by atoms with van der Waals surface area (Å²) in [5, 5.41) is 11.0. The third-order valence-corrected chi connectivity index (χ3v) is 5.15. The fourth-order valence-corrected chi connectivity index (χ4v) is 4.48. The fraction of sp³-hybridized carbons (Fsp3) is 0.615. The van der Waals surface area contributed by atoms with Gasteiger partial charge in [0, 0.05) is 12.7 Å². The minimum Gasteiger partial charge on any atom is -0.391 e. The van der Waals surface area contributed by atoms with Crippen molar-refractivity contribution in [2.75, 3.05) is 11.4 Å². The SMILES string of the molecule is OC1C2CC3CN(c4ncccc4Cl)C1C3C2. The fourth-order valence-electron chi connectivity index (χ4n) is 4.25. The highest BCUT2D eigenvalue weighted by atomic mass is 35.5. The highest BCUT2D eigenvalue weighted by molar-refractivity contribution is 6.32. The number of aliphatic hydroxyl groups is 1. The van der Waals surface area contributed by atoms with Crippen molar-refractivity contribution >= 4 is 17.4 Å². The van der Waals surface area contributed by atoms with E-state index in [0.29, 0.717) is 16.9 Å². The Morgan fingerprint density at radius 3 is 3.00 bits per heavy atom. The summed E-state index contributed by atoms with van der Waals surface area (Å²) in [5.74, 6) is 2.77. The van der Waals surface area contributed by atoms with Crippen molar-refractivity contribution in [3.05, 3.63) is 23.4 Å². The molecule has 1 aromatic heterocycles. The molecule has 90 valence electrons. The summed E-state index contributed by atoms with van der Waals surface area (Å²) < 4.78 is 0. The second kappa shape index (κ2) is 3.36. The van der Waals surface area contributed by atoms with Gasteiger partial charge >= 0.3 is 0 Å².